The van der Waals surface area contributed by atoms with Gasteiger partial charge in [-0.25, -0.2) is 4.98 Å². The number of rotatable bonds is 6. The lowest BCUT2D eigenvalue weighted by Crippen LogP contribution is -2.20. The number of anilines is 1. The van der Waals surface area contributed by atoms with Gasteiger partial charge in [0.2, 0.25) is 11.0 Å². The number of carbonyl (C=O) groups is 1. The van der Waals surface area contributed by atoms with Crippen LogP contribution < -0.4 is 5.32 Å². The van der Waals surface area contributed by atoms with Crippen LogP contribution in [0.25, 0.3) is 11.0 Å². The lowest BCUT2D eigenvalue weighted by atomic mass is 10.3. The van der Waals surface area contributed by atoms with E-state index in [4.69, 9.17) is 0 Å². The molecule has 0 atom stereocenters. The zero-order valence-electron chi connectivity index (χ0n) is 12.9. The summed E-state index contributed by atoms with van der Waals surface area (Å²) >= 11 is 3.09. The van der Waals surface area contributed by atoms with Gasteiger partial charge in [0.1, 0.15) is 17.4 Å². The molecule has 6 nitrogen and oxygen atoms in total. The highest BCUT2D eigenvalue weighted by Gasteiger charge is 2.14. The number of aromatic nitrogens is 4. The van der Waals surface area contributed by atoms with E-state index in [2.05, 4.69) is 20.5 Å². The number of aryl methyl sites for hydroxylation is 1. The first-order valence-electron chi connectivity index (χ1n) is 7.26. The molecule has 0 aliphatic rings. The van der Waals surface area contributed by atoms with Gasteiger partial charge in [0.05, 0.1) is 16.8 Å². The molecule has 0 saturated carbocycles. The summed E-state index contributed by atoms with van der Waals surface area (Å²) in [6, 6.07) is 7.86. The van der Waals surface area contributed by atoms with Gasteiger partial charge in [-0.05, 0) is 24.8 Å². The van der Waals surface area contributed by atoms with Crippen LogP contribution in [0.5, 0.6) is 0 Å². The van der Waals surface area contributed by atoms with Gasteiger partial charge in [-0.3, -0.25) is 10.1 Å². The summed E-state index contributed by atoms with van der Waals surface area (Å²) in [6.07, 6.45) is 2.84. The summed E-state index contributed by atoms with van der Waals surface area (Å²) in [4.78, 5) is 17.0. The molecule has 1 aromatic carbocycles. The average molecular weight is 347 g/mol. The predicted octanol–water partition coefficient (Wildman–Crippen LogP) is 2.95. The van der Waals surface area contributed by atoms with Gasteiger partial charge >= 0.3 is 0 Å². The molecule has 0 fully saturated rings. The highest BCUT2D eigenvalue weighted by molar-refractivity contribution is 7.97. The Kier molecular flexibility index (Phi) is 4.92. The maximum Gasteiger partial charge on any atom is 0.246 e. The van der Waals surface area contributed by atoms with E-state index in [0.29, 0.717) is 5.13 Å². The minimum absolute atomic E-state index is 0.116. The summed E-state index contributed by atoms with van der Waals surface area (Å²) in [7, 11) is 0. The smallest absolute Gasteiger partial charge is 0.246 e. The standard InChI is InChI=1S/C15H17N5OS2/c1-3-14-18-19-15(23-14)17-13(21)8-20-11-7-5-4-6-10(11)16-12(20)9-22-2/h4-7H,3,8-9H2,1-2H3,(H,17,19,21). The number of hydrogen-bond acceptors (Lipinski definition) is 6. The number of carbonyl (C=O) groups excluding carboxylic acids is 1. The fraction of sp³-hybridized carbons (Fsp3) is 0.333. The molecule has 8 heteroatoms. The van der Waals surface area contributed by atoms with Crippen molar-refractivity contribution < 1.29 is 4.79 Å². The molecule has 0 radical (unpaired) electrons. The fourth-order valence-electron chi connectivity index (χ4n) is 2.29. The lowest BCUT2D eigenvalue weighted by molar-refractivity contribution is -0.116. The molecule has 0 aliphatic carbocycles. The van der Waals surface area contributed by atoms with E-state index in [1.807, 2.05) is 42.0 Å². The molecule has 0 bridgehead atoms. The monoisotopic (exact) mass is 347 g/mol. The number of amides is 1. The third kappa shape index (κ3) is 3.53. The summed E-state index contributed by atoms with van der Waals surface area (Å²) in [6.45, 7) is 2.23. The molecule has 1 N–H and O–H groups in total. The van der Waals surface area contributed by atoms with Crippen molar-refractivity contribution in [2.75, 3.05) is 11.6 Å². The molecular formula is C15H17N5OS2. The van der Waals surface area contributed by atoms with Crippen molar-refractivity contribution in [3.63, 3.8) is 0 Å². The topological polar surface area (TPSA) is 72.7 Å². The van der Waals surface area contributed by atoms with Crippen LogP contribution in [-0.2, 0) is 23.5 Å². The SMILES string of the molecule is CCc1nnc(NC(=O)Cn2c(CSC)nc3ccccc32)s1. The van der Waals surface area contributed by atoms with Crippen LogP contribution in [0, 0.1) is 0 Å². The number of nitrogens with one attached hydrogen (secondary N) is 1. The molecular weight excluding hydrogens is 330 g/mol. The second kappa shape index (κ2) is 7.10. The van der Waals surface area contributed by atoms with Gasteiger partial charge in [-0.1, -0.05) is 30.4 Å². The first-order valence-corrected chi connectivity index (χ1v) is 9.47. The van der Waals surface area contributed by atoms with Crippen LogP contribution in [0.1, 0.15) is 17.8 Å². The van der Waals surface area contributed by atoms with E-state index in [9.17, 15) is 4.79 Å². The van der Waals surface area contributed by atoms with E-state index in [1.165, 1.54) is 11.3 Å². The second-order valence-corrected chi connectivity index (χ2v) is 6.87. The number of para-hydroxylation sites is 2. The van der Waals surface area contributed by atoms with Crippen LogP contribution in [0.2, 0.25) is 0 Å². The van der Waals surface area contributed by atoms with Crippen LogP contribution in [0.15, 0.2) is 24.3 Å². The molecule has 2 aromatic heterocycles. The normalized spacial score (nSPS) is 11.0. The number of imidazole rings is 1. The molecule has 23 heavy (non-hydrogen) atoms. The number of thioether (sulfide) groups is 1. The summed E-state index contributed by atoms with van der Waals surface area (Å²) in [5.41, 5.74) is 1.88. The molecule has 0 spiro atoms. The Bertz CT molecular complexity index is 826. The Balaban J connectivity index is 1.82. The van der Waals surface area contributed by atoms with E-state index >= 15 is 0 Å². The zero-order chi connectivity index (χ0) is 16.2. The van der Waals surface area contributed by atoms with Gasteiger partial charge in [-0.15, -0.1) is 10.2 Å². The molecule has 3 rings (SSSR count). The first-order chi connectivity index (χ1) is 11.2. The van der Waals surface area contributed by atoms with Crippen molar-refractivity contribution in [1.29, 1.82) is 0 Å². The molecule has 3 aromatic rings. The Hall–Kier alpha value is -1.93. The molecule has 120 valence electrons. The second-order valence-electron chi connectivity index (χ2n) is 4.94. The van der Waals surface area contributed by atoms with Crippen molar-refractivity contribution in [2.45, 2.75) is 25.6 Å². The van der Waals surface area contributed by atoms with Gasteiger partial charge in [-0.2, -0.15) is 11.8 Å². The lowest BCUT2D eigenvalue weighted by Gasteiger charge is -2.08. The van der Waals surface area contributed by atoms with Crippen molar-refractivity contribution >= 4 is 45.2 Å². The van der Waals surface area contributed by atoms with Crippen molar-refractivity contribution in [1.82, 2.24) is 19.7 Å². The third-order valence-corrected chi connectivity index (χ3v) is 4.85. The maximum absolute atomic E-state index is 12.3. The minimum Gasteiger partial charge on any atom is -0.318 e. The quantitative estimate of drug-likeness (QED) is 0.742. The van der Waals surface area contributed by atoms with E-state index < -0.39 is 0 Å². The molecule has 0 saturated heterocycles. The Morgan fingerprint density at radius 3 is 2.91 bits per heavy atom. The zero-order valence-corrected chi connectivity index (χ0v) is 14.6. The van der Waals surface area contributed by atoms with Gasteiger partial charge in [0.25, 0.3) is 0 Å². The number of hydrogen-bond donors (Lipinski definition) is 1. The highest BCUT2D eigenvalue weighted by atomic mass is 32.2. The van der Waals surface area contributed by atoms with Crippen LogP contribution in [0.3, 0.4) is 0 Å². The average Bonchev–Trinajstić information content (AvgIpc) is 3.13. The Morgan fingerprint density at radius 2 is 2.17 bits per heavy atom. The Morgan fingerprint density at radius 1 is 1.35 bits per heavy atom. The molecule has 2 heterocycles. The van der Waals surface area contributed by atoms with E-state index in [-0.39, 0.29) is 12.5 Å². The van der Waals surface area contributed by atoms with Crippen LogP contribution >= 0.6 is 23.1 Å². The van der Waals surface area contributed by atoms with Gasteiger partial charge in [0, 0.05) is 0 Å². The van der Waals surface area contributed by atoms with Gasteiger partial charge in [0.15, 0.2) is 0 Å². The number of nitrogens with zero attached hydrogens (tertiary/aromatic N) is 4. The summed E-state index contributed by atoms with van der Waals surface area (Å²) in [5.74, 6) is 1.55. The molecule has 1 amide bonds. The number of fused-ring (bicyclic) bond motifs is 1. The van der Waals surface area contributed by atoms with Crippen molar-refractivity contribution in [3.8, 4) is 0 Å². The predicted molar refractivity (Wildman–Crippen MR) is 94.9 cm³/mol. The van der Waals surface area contributed by atoms with Crippen LogP contribution in [-0.4, -0.2) is 31.9 Å². The minimum atomic E-state index is -0.116. The Labute approximate surface area is 142 Å². The van der Waals surface area contributed by atoms with Gasteiger partial charge < -0.3 is 4.57 Å². The van der Waals surface area contributed by atoms with Crippen LogP contribution in [0.4, 0.5) is 5.13 Å². The van der Waals surface area contributed by atoms with E-state index in [1.54, 1.807) is 11.8 Å². The number of benzene rings is 1. The third-order valence-electron chi connectivity index (χ3n) is 3.32. The highest BCUT2D eigenvalue weighted by Crippen LogP contribution is 2.20. The van der Waals surface area contributed by atoms with Crippen molar-refractivity contribution in [2.24, 2.45) is 0 Å². The largest absolute Gasteiger partial charge is 0.318 e. The fourth-order valence-corrected chi connectivity index (χ4v) is 3.46. The first kappa shape index (κ1) is 15.9. The summed E-state index contributed by atoms with van der Waals surface area (Å²) in [5, 5.41) is 12.3. The molecule has 0 unspecified atom stereocenters. The van der Waals surface area contributed by atoms with E-state index in [0.717, 1.165) is 34.0 Å². The van der Waals surface area contributed by atoms with Crippen molar-refractivity contribution in [3.05, 3.63) is 35.1 Å². The summed E-state index contributed by atoms with van der Waals surface area (Å²) < 4.78 is 1.96. The molecule has 0 aliphatic heterocycles. The maximum atomic E-state index is 12.3.